The highest BCUT2D eigenvalue weighted by atomic mass is 14.8. The van der Waals surface area contributed by atoms with Crippen LogP contribution in [0.4, 0.5) is 0 Å². The largest absolute Gasteiger partial charge is 0.401 e. The first-order valence-electron chi connectivity index (χ1n) is 11.3. The van der Waals surface area contributed by atoms with Crippen LogP contribution in [0.25, 0.3) is 0 Å². The van der Waals surface area contributed by atoms with Crippen LogP contribution in [0.15, 0.2) is 22.9 Å². The number of allylic oxidation sites excluding steroid dienone is 1. The number of hydrogen-bond donors (Lipinski definition) is 2. The fraction of sp³-hybridized carbons (Fsp3) is 0.833. The Morgan fingerprint density at radius 3 is 2.08 bits per heavy atom. The molecule has 0 spiro atoms. The van der Waals surface area contributed by atoms with Gasteiger partial charge in [-0.3, -0.25) is 0 Å². The van der Waals surface area contributed by atoms with Crippen LogP contribution in [-0.4, -0.2) is 6.04 Å². The van der Waals surface area contributed by atoms with Gasteiger partial charge in [-0.25, -0.2) is 0 Å². The van der Waals surface area contributed by atoms with Gasteiger partial charge in [0, 0.05) is 17.2 Å². The van der Waals surface area contributed by atoms with Crippen LogP contribution >= 0.6 is 0 Å². The lowest BCUT2D eigenvalue weighted by Crippen LogP contribution is -2.45. The molecule has 0 saturated heterocycles. The molecule has 0 aromatic carbocycles. The molecule has 0 aromatic rings. The summed E-state index contributed by atoms with van der Waals surface area (Å²) in [5, 5.41) is 0. The molecule has 0 amide bonds. The second-order valence-electron chi connectivity index (χ2n) is 10.3. The third kappa shape index (κ3) is 3.77. The second kappa shape index (κ2) is 8.09. The van der Waals surface area contributed by atoms with Gasteiger partial charge in [-0.1, -0.05) is 65.0 Å². The van der Waals surface area contributed by atoms with Crippen molar-refractivity contribution in [1.82, 2.24) is 0 Å². The zero-order chi connectivity index (χ0) is 18.9. The van der Waals surface area contributed by atoms with Crippen molar-refractivity contribution in [2.75, 3.05) is 0 Å². The fourth-order valence-electron chi connectivity index (χ4n) is 6.29. The van der Waals surface area contributed by atoms with E-state index in [1.807, 2.05) is 0 Å². The summed E-state index contributed by atoms with van der Waals surface area (Å²) in [7, 11) is 0. The van der Waals surface area contributed by atoms with E-state index in [9.17, 15) is 0 Å². The Bertz CT molecular complexity index is 545. The third-order valence-electron chi connectivity index (χ3n) is 7.26. The molecule has 2 heteroatoms. The van der Waals surface area contributed by atoms with Gasteiger partial charge >= 0.3 is 0 Å². The lowest BCUT2D eigenvalue weighted by atomic mass is 9.60. The molecule has 4 N–H and O–H groups in total. The summed E-state index contributed by atoms with van der Waals surface area (Å²) in [4.78, 5) is 0. The Morgan fingerprint density at radius 1 is 0.962 bits per heavy atom. The highest BCUT2D eigenvalue weighted by molar-refractivity contribution is 5.43. The van der Waals surface area contributed by atoms with Crippen LogP contribution in [0, 0.1) is 29.1 Å². The summed E-state index contributed by atoms with van der Waals surface area (Å²) in [6, 6.07) is 0.0715. The Balaban J connectivity index is 2.10. The minimum absolute atomic E-state index is 0.0715. The smallest absolute Gasteiger partial charge is 0.0493 e. The van der Waals surface area contributed by atoms with Gasteiger partial charge in [0.05, 0.1) is 0 Å². The molecule has 3 rings (SSSR count). The van der Waals surface area contributed by atoms with Crippen LogP contribution in [0.2, 0.25) is 0 Å². The lowest BCUT2D eigenvalue weighted by Gasteiger charge is -2.46. The van der Waals surface area contributed by atoms with Gasteiger partial charge in [0.1, 0.15) is 0 Å². The summed E-state index contributed by atoms with van der Waals surface area (Å²) < 4.78 is 0. The van der Waals surface area contributed by atoms with Crippen LogP contribution < -0.4 is 11.5 Å². The van der Waals surface area contributed by atoms with E-state index in [0.717, 1.165) is 12.3 Å². The molecular formula is C24H42N2. The Hall–Kier alpha value is -0.760. The lowest BCUT2D eigenvalue weighted by molar-refractivity contribution is 0.218. The molecule has 2 fully saturated rings. The van der Waals surface area contributed by atoms with Gasteiger partial charge in [0.15, 0.2) is 0 Å². The predicted molar refractivity (Wildman–Crippen MR) is 113 cm³/mol. The van der Waals surface area contributed by atoms with Gasteiger partial charge in [-0.15, -0.1) is 0 Å². The van der Waals surface area contributed by atoms with Gasteiger partial charge < -0.3 is 11.5 Å². The first-order valence-corrected chi connectivity index (χ1v) is 11.3. The van der Waals surface area contributed by atoms with Crippen LogP contribution in [-0.2, 0) is 0 Å². The maximum Gasteiger partial charge on any atom is 0.0493 e. The highest BCUT2D eigenvalue weighted by Gasteiger charge is 2.47. The van der Waals surface area contributed by atoms with Crippen LogP contribution in [0.1, 0.15) is 91.9 Å². The third-order valence-corrected chi connectivity index (χ3v) is 7.26. The van der Waals surface area contributed by atoms with E-state index >= 15 is 0 Å². The van der Waals surface area contributed by atoms with E-state index in [4.69, 9.17) is 11.5 Å². The van der Waals surface area contributed by atoms with Gasteiger partial charge in [-0.05, 0) is 67.8 Å². The van der Waals surface area contributed by atoms with E-state index in [-0.39, 0.29) is 11.5 Å². The van der Waals surface area contributed by atoms with Crippen molar-refractivity contribution in [2.45, 2.75) is 97.9 Å². The molecule has 0 aromatic heterocycles. The van der Waals surface area contributed by atoms with Crippen LogP contribution in [0.5, 0.6) is 0 Å². The summed E-state index contributed by atoms with van der Waals surface area (Å²) >= 11 is 0. The van der Waals surface area contributed by atoms with E-state index in [2.05, 4.69) is 33.8 Å². The second-order valence-corrected chi connectivity index (χ2v) is 10.3. The molecule has 2 unspecified atom stereocenters. The Kier molecular flexibility index (Phi) is 6.22. The van der Waals surface area contributed by atoms with E-state index < -0.39 is 0 Å². The molecule has 2 saturated carbocycles. The molecule has 0 aliphatic heterocycles. The Morgan fingerprint density at radius 2 is 1.54 bits per heavy atom. The number of hydrogen-bond acceptors (Lipinski definition) is 2. The molecule has 0 bridgehead atoms. The fourth-order valence-corrected chi connectivity index (χ4v) is 6.29. The average molecular weight is 359 g/mol. The Labute approximate surface area is 161 Å². The van der Waals surface area contributed by atoms with Crippen molar-refractivity contribution in [3.8, 4) is 0 Å². The molecule has 2 nitrogen and oxygen atoms in total. The summed E-state index contributed by atoms with van der Waals surface area (Å²) in [5.74, 6) is 2.66. The van der Waals surface area contributed by atoms with Crippen molar-refractivity contribution < 1.29 is 0 Å². The normalized spacial score (nSPS) is 31.5. The molecule has 2 atom stereocenters. The van der Waals surface area contributed by atoms with Crippen molar-refractivity contribution in [3.05, 3.63) is 22.9 Å². The summed E-state index contributed by atoms with van der Waals surface area (Å²) in [6.45, 7) is 9.38. The minimum atomic E-state index is 0.0715. The van der Waals surface area contributed by atoms with E-state index in [1.54, 1.807) is 0 Å². The summed E-state index contributed by atoms with van der Waals surface area (Å²) in [5.41, 5.74) is 18.2. The quantitative estimate of drug-likeness (QED) is 0.578. The first-order chi connectivity index (χ1) is 12.3. The van der Waals surface area contributed by atoms with E-state index in [0.29, 0.717) is 17.8 Å². The maximum atomic E-state index is 7.10. The number of nitrogens with two attached hydrogens (primary N) is 2. The molecule has 26 heavy (non-hydrogen) atoms. The van der Waals surface area contributed by atoms with Gasteiger partial charge in [-0.2, -0.15) is 0 Å². The SMILES string of the molecule is CC(C)CC1=CC(CC(C)C)(C2CCCC2)C(N)=C(C2CCCC2)C1N. The molecular weight excluding hydrogens is 316 g/mol. The highest BCUT2D eigenvalue weighted by Crippen LogP contribution is 2.54. The maximum absolute atomic E-state index is 7.10. The zero-order valence-electron chi connectivity index (χ0n) is 17.7. The monoisotopic (exact) mass is 358 g/mol. The molecule has 0 heterocycles. The van der Waals surface area contributed by atoms with Crippen molar-refractivity contribution in [1.29, 1.82) is 0 Å². The van der Waals surface area contributed by atoms with Crippen LogP contribution in [0.3, 0.4) is 0 Å². The van der Waals surface area contributed by atoms with Crippen molar-refractivity contribution >= 4 is 0 Å². The molecule has 148 valence electrons. The van der Waals surface area contributed by atoms with Gasteiger partial charge in [0.25, 0.3) is 0 Å². The molecule has 0 radical (unpaired) electrons. The number of rotatable bonds is 6. The zero-order valence-corrected chi connectivity index (χ0v) is 17.7. The van der Waals surface area contributed by atoms with Gasteiger partial charge in [0.2, 0.25) is 0 Å². The minimum Gasteiger partial charge on any atom is -0.401 e. The topological polar surface area (TPSA) is 52.0 Å². The molecule has 3 aliphatic carbocycles. The van der Waals surface area contributed by atoms with Crippen molar-refractivity contribution in [3.63, 3.8) is 0 Å². The summed E-state index contributed by atoms with van der Waals surface area (Å²) in [6.07, 6.45) is 15.6. The predicted octanol–water partition coefficient (Wildman–Crippen LogP) is 5.93. The standard InChI is InChI=1S/C24H42N2/c1-16(2)13-19-15-24(14-17(3)4,20-11-7-8-12-20)23(26)21(22(19)25)18-9-5-6-10-18/h15-18,20,22H,5-14,25-26H2,1-4H3. The molecule has 3 aliphatic rings. The van der Waals surface area contributed by atoms with Crippen molar-refractivity contribution in [2.24, 2.45) is 40.6 Å². The van der Waals surface area contributed by atoms with E-state index in [1.165, 1.54) is 74.6 Å². The first kappa shape index (κ1) is 20.0. The average Bonchev–Trinajstić information content (AvgIpc) is 3.25.